The molecule has 1 saturated carbocycles. The largest absolute Gasteiger partial charge is 0.356 e. The van der Waals surface area contributed by atoms with E-state index in [0.29, 0.717) is 6.42 Å². The number of anilines is 1. The van der Waals surface area contributed by atoms with Crippen LogP contribution in [0.1, 0.15) is 96.8 Å². The molecule has 7 nitrogen and oxygen atoms in total. The maximum absolute atomic E-state index is 13.5. The number of fused-ring (bicyclic) bond motifs is 1. The summed E-state index contributed by atoms with van der Waals surface area (Å²) in [5, 5.41) is 3.27. The Bertz CT molecular complexity index is 1110. The summed E-state index contributed by atoms with van der Waals surface area (Å²) in [5.74, 6) is 2.71. The van der Waals surface area contributed by atoms with Gasteiger partial charge in [-0.05, 0) is 75.1 Å². The number of aromatic nitrogens is 2. The number of hydrogen-bond donors (Lipinski definition) is 1. The summed E-state index contributed by atoms with van der Waals surface area (Å²) in [6.07, 6.45) is 10.5. The number of carbonyl (C=O) groups excluding carboxylic acids is 2. The molecular formula is C30H41N5O2. The van der Waals surface area contributed by atoms with Gasteiger partial charge in [0.25, 0.3) is 5.91 Å². The first-order valence-electron chi connectivity index (χ1n) is 14.1. The van der Waals surface area contributed by atoms with Crippen molar-refractivity contribution in [3.63, 3.8) is 0 Å². The zero-order valence-electron chi connectivity index (χ0n) is 22.6. The molecule has 2 aliphatic carbocycles. The van der Waals surface area contributed by atoms with Crippen LogP contribution < -0.4 is 10.2 Å². The fourth-order valence-corrected chi connectivity index (χ4v) is 6.50. The molecule has 0 radical (unpaired) electrons. The van der Waals surface area contributed by atoms with Crippen molar-refractivity contribution in [1.29, 1.82) is 0 Å². The van der Waals surface area contributed by atoms with E-state index in [2.05, 4.69) is 26.3 Å². The number of amides is 2. The molecule has 3 aliphatic rings. The van der Waals surface area contributed by atoms with Gasteiger partial charge in [-0.3, -0.25) is 9.59 Å². The number of benzene rings is 1. The molecule has 37 heavy (non-hydrogen) atoms. The number of aryl methyl sites for hydroxylation is 3. The zero-order valence-corrected chi connectivity index (χ0v) is 22.6. The Morgan fingerprint density at radius 3 is 2.51 bits per heavy atom. The van der Waals surface area contributed by atoms with Gasteiger partial charge in [0.05, 0.1) is 6.04 Å². The van der Waals surface area contributed by atoms with E-state index >= 15 is 0 Å². The second-order valence-electron chi connectivity index (χ2n) is 11.3. The minimum Gasteiger partial charge on any atom is -0.356 e. The van der Waals surface area contributed by atoms with Crippen molar-refractivity contribution in [1.82, 2.24) is 20.2 Å². The minimum atomic E-state index is 0.0205. The summed E-state index contributed by atoms with van der Waals surface area (Å²) in [4.78, 5) is 39.3. The van der Waals surface area contributed by atoms with Crippen LogP contribution in [-0.2, 0) is 11.2 Å². The Kier molecular flexibility index (Phi) is 7.77. The summed E-state index contributed by atoms with van der Waals surface area (Å²) in [7, 11) is 1.93. The maximum atomic E-state index is 13.5. The van der Waals surface area contributed by atoms with Crippen molar-refractivity contribution in [2.75, 3.05) is 25.0 Å². The Balaban J connectivity index is 1.18. The molecule has 1 aromatic carbocycles. The molecule has 5 rings (SSSR count). The van der Waals surface area contributed by atoms with E-state index in [-0.39, 0.29) is 23.9 Å². The van der Waals surface area contributed by atoms with Crippen LogP contribution in [0.25, 0.3) is 0 Å². The average Bonchev–Trinajstić information content (AvgIpc) is 3.56. The van der Waals surface area contributed by atoms with Gasteiger partial charge in [-0.25, -0.2) is 9.97 Å². The van der Waals surface area contributed by atoms with Crippen LogP contribution in [-0.4, -0.2) is 52.9 Å². The van der Waals surface area contributed by atoms with Crippen molar-refractivity contribution in [3.05, 3.63) is 52.5 Å². The molecule has 2 heterocycles. The van der Waals surface area contributed by atoms with Gasteiger partial charge >= 0.3 is 0 Å². The molecule has 2 fully saturated rings. The lowest BCUT2D eigenvalue weighted by Crippen LogP contribution is -2.46. The van der Waals surface area contributed by atoms with Gasteiger partial charge in [-0.2, -0.15) is 0 Å². The van der Waals surface area contributed by atoms with Crippen LogP contribution in [0.5, 0.6) is 0 Å². The van der Waals surface area contributed by atoms with Crippen molar-refractivity contribution in [2.45, 2.75) is 90.1 Å². The predicted octanol–water partition coefficient (Wildman–Crippen LogP) is 4.91. The monoisotopic (exact) mass is 503 g/mol. The highest BCUT2D eigenvalue weighted by Gasteiger charge is 2.29. The van der Waals surface area contributed by atoms with E-state index in [1.807, 2.05) is 44.0 Å². The van der Waals surface area contributed by atoms with Gasteiger partial charge in [0.15, 0.2) is 0 Å². The SMILES string of the molecule is Cc1cc(N2CCC(N(C)C(=O)c3ccc4c(c3)[C@H](NC(=O)CCC3CCCC3)CC4)CC2)nc(C)n1. The summed E-state index contributed by atoms with van der Waals surface area (Å²) < 4.78 is 0. The molecule has 1 saturated heterocycles. The molecule has 0 unspecified atom stereocenters. The fraction of sp³-hybridized carbons (Fsp3) is 0.600. The molecule has 2 aromatic rings. The Morgan fingerprint density at radius 2 is 1.78 bits per heavy atom. The van der Waals surface area contributed by atoms with E-state index in [9.17, 15) is 9.59 Å². The number of carbonyl (C=O) groups is 2. The van der Waals surface area contributed by atoms with Crippen molar-refractivity contribution < 1.29 is 9.59 Å². The average molecular weight is 504 g/mol. The molecule has 2 amide bonds. The number of piperidine rings is 1. The Morgan fingerprint density at radius 1 is 1.03 bits per heavy atom. The molecule has 7 heteroatoms. The first-order chi connectivity index (χ1) is 17.9. The molecule has 1 N–H and O–H groups in total. The van der Waals surface area contributed by atoms with Gasteiger partial charge < -0.3 is 15.1 Å². The number of hydrogen-bond acceptors (Lipinski definition) is 5. The topological polar surface area (TPSA) is 78.4 Å². The lowest BCUT2D eigenvalue weighted by molar-refractivity contribution is -0.122. The van der Waals surface area contributed by atoms with E-state index < -0.39 is 0 Å². The standard InChI is InChI=1S/C30H41N5O2/c1-20-18-28(32-21(2)31-20)35-16-14-25(15-17-35)34(3)30(37)24-10-9-23-11-12-27(26(23)19-24)33-29(36)13-8-22-6-4-5-7-22/h9-10,18-19,22,25,27H,4-8,11-17H2,1-3H3,(H,33,36)/t27-/m1/s1. The molecule has 1 aromatic heterocycles. The first kappa shape index (κ1) is 25.7. The van der Waals surface area contributed by atoms with E-state index in [4.69, 9.17) is 0 Å². The third-order valence-electron chi connectivity index (χ3n) is 8.67. The number of nitrogens with one attached hydrogen (secondary N) is 1. The second kappa shape index (κ2) is 11.2. The highest BCUT2D eigenvalue weighted by Crippen LogP contribution is 2.33. The van der Waals surface area contributed by atoms with Crippen molar-refractivity contribution >= 4 is 17.6 Å². The van der Waals surface area contributed by atoms with Gasteiger partial charge in [-0.15, -0.1) is 0 Å². The second-order valence-corrected chi connectivity index (χ2v) is 11.3. The Hall–Kier alpha value is -2.96. The van der Waals surface area contributed by atoms with Crippen LogP contribution in [0.3, 0.4) is 0 Å². The van der Waals surface area contributed by atoms with Crippen LogP contribution in [0, 0.1) is 19.8 Å². The van der Waals surface area contributed by atoms with Crippen LogP contribution in [0.15, 0.2) is 24.3 Å². The van der Waals surface area contributed by atoms with E-state index in [1.165, 1.54) is 31.2 Å². The molecule has 0 spiro atoms. The van der Waals surface area contributed by atoms with Gasteiger partial charge in [0.1, 0.15) is 11.6 Å². The lowest BCUT2D eigenvalue weighted by Gasteiger charge is -2.37. The van der Waals surface area contributed by atoms with Gasteiger partial charge in [-0.1, -0.05) is 31.7 Å². The van der Waals surface area contributed by atoms with Crippen LogP contribution in [0.4, 0.5) is 5.82 Å². The normalized spacial score (nSPS) is 20.2. The zero-order chi connectivity index (χ0) is 25.9. The fourth-order valence-electron chi connectivity index (χ4n) is 6.50. The molecule has 1 aliphatic heterocycles. The molecule has 0 bridgehead atoms. The number of nitrogens with zero attached hydrogens (tertiary/aromatic N) is 4. The van der Waals surface area contributed by atoms with Crippen LogP contribution in [0.2, 0.25) is 0 Å². The summed E-state index contributed by atoms with van der Waals surface area (Å²) in [5.41, 5.74) is 4.08. The summed E-state index contributed by atoms with van der Waals surface area (Å²) in [6.45, 7) is 5.67. The lowest BCUT2D eigenvalue weighted by atomic mass is 9.99. The number of rotatable bonds is 7. The summed E-state index contributed by atoms with van der Waals surface area (Å²) in [6, 6.07) is 8.34. The minimum absolute atomic E-state index is 0.0205. The first-order valence-corrected chi connectivity index (χ1v) is 14.1. The third kappa shape index (κ3) is 5.97. The van der Waals surface area contributed by atoms with Crippen molar-refractivity contribution in [2.24, 2.45) is 5.92 Å². The highest BCUT2D eigenvalue weighted by molar-refractivity contribution is 5.94. The smallest absolute Gasteiger partial charge is 0.253 e. The summed E-state index contributed by atoms with van der Waals surface area (Å²) >= 11 is 0. The molecule has 1 atom stereocenters. The Labute approximate surface area is 221 Å². The van der Waals surface area contributed by atoms with Gasteiger partial charge in [0, 0.05) is 49.9 Å². The van der Waals surface area contributed by atoms with Gasteiger partial charge in [0.2, 0.25) is 5.91 Å². The van der Waals surface area contributed by atoms with Crippen molar-refractivity contribution in [3.8, 4) is 0 Å². The third-order valence-corrected chi connectivity index (χ3v) is 8.67. The molecule has 198 valence electrons. The molecular weight excluding hydrogens is 462 g/mol. The highest BCUT2D eigenvalue weighted by atomic mass is 16.2. The predicted molar refractivity (Wildman–Crippen MR) is 146 cm³/mol. The maximum Gasteiger partial charge on any atom is 0.253 e. The quantitative estimate of drug-likeness (QED) is 0.581. The van der Waals surface area contributed by atoms with E-state index in [0.717, 1.165) is 79.6 Å². The van der Waals surface area contributed by atoms with Crippen LogP contribution >= 0.6 is 0 Å². The van der Waals surface area contributed by atoms with E-state index in [1.54, 1.807) is 0 Å².